The van der Waals surface area contributed by atoms with Crippen LogP contribution in [-0.4, -0.2) is 49.6 Å². The minimum absolute atomic E-state index is 0.0911. The van der Waals surface area contributed by atoms with E-state index in [9.17, 15) is 57.1 Å². The van der Waals surface area contributed by atoms with Crippen LogP contribution < -0.4 is 0 Å². The fourth-order valence-electron chi connectivity index (χ4n) is 1.60. The Bertz CT molecular complexity index is 681. The van der Waals surface area contributed by atoms with E-state index in [1.54, 1.807) is 22.6 Å². The third-order valence-corrected chi connectivity index (χ3v) is 6.26. The summed E-state index contributed by atoms with van der Waals surface area (Å²) in [6.07, 6.45) is -7.39. The Morgan fingerprint density at radius 1 is 0.607 bits per heavy atom. The van der Waals surface area contributed by atoms with Crippen molar-refractivity contribution in [2.45, 2.75) is 40.0 Å². The van der Waals surface area contributed by atoms with Crippen LogP contribution >= 0.6 is 22.6 Å². The normalized spacial score (nSPS) is 15.1. The Balaban J connectivity index is 3.23. The zero-order chi connectivity index (χ0) is 22.4. The summed E-state index contributed by atoms with van der Waals surface area (Å²) in [5, 5.41) is -1.01. The predicted octanol–water partition coefficient (Wildman–Crippen LogP) is 6.19. The molecule has 0 radical (unpaired) electrons. The molecule has 0 heterocycles. The van der Waals surface area contributed by atoms with Crippen LogP contribution in [0.15, 0.2) is 24.3 Å². The molecule has 0 N–H and O–H groups in total. The first-order chi connectivity index (χ1) is 12.2. The molecule has 0 spiro atoms. The summed E-state index contributed by atoms with van der Waals surface area (Å²) in [6, 6.07) is 4.88. The molecule has 0 amide bonds. The Hall–Kier alpha value is -0.441. The van der Waals surface area contributed by atoms with E-state index in [4.69, 9.17) is 0 Å². The van der Waals surface area contributed by atoms with E-state index in [1.165, 1.54) is 12.1 Å². The van der Waals surface area contributed by atoms with Crippen LogP contribution in [0, 0.1) is 3.57 Å². The van der Waals surface area contributed by atoms with Crippen LogP contribution in [0.3, 0.4) is 0 Å². The fourth-order valence-corrected chi connectivity index (χ4v) is 3.74. The monoisotopic (exact) mass is 616 g/mol. The molecule has 0 saturated heterocycles. The van der Waals surface area contributed by atoms with Gasteiger partial charge in [0.25, 0.3) is 0 Å². The molecule has 28 heavy (non-hydrogen) atoms. The van der Waals surface area contributed by atoms with Crippen LogP contribution in [0.2, 0.25) is 0 Å². The topological polar surface area (TPSA) is 0 Å². The second-order valence-electron chi connectivity index (χ2n) is 5.23. The average molecular weight is 615 g/mol. The fraction of sp³-hybridized carbons (Fsp3) is 0.538. The summed E-state index contributed by atoms with van der Waals surface area (Å²) in [7, 11) is 0. The van der Waals surface area contributed by atoms with Gasteiger partial charge in [0.1, 0.15) is 0 Å². The summed E-state index contributed by atoms with van der Waals surface area (Å²) < 4.78 is 169. The van der Waals surface area contributed by atoms with Crippen molar-refractivity contribution in [2.24, 2.45) is 0 Å². The van der Waals surface area contributed by atoms with Crippen molar-refractivity contribution in [2.75, 3.05) is 0 Å². The van der Waals surface area contributed by atoms with Crippen molar-refractivity contribution in [3.63, 3.8) is 0 Å². The number of alkyl halides is 13. The van der Waals surface area contributed by atoms with Gasteiger partial charge in [-0.1, -0.05) is 0 Å². The number of hydrogen-bond acceptors (Lipinski definition) is 0. The van der Waals surface area contributed by atoms with Gasteiger partial charge in [0, 0.05) is 0 Å². The first kappa shape index (κ1) is 25.6. The maximum atomic E-state index is 13.6. The van der Waals surface area contributed by atoms with E-state index in [0.29, 0.717) is 3.57 Å². The molecule has 15 heteroatoms. The molecule has 0 nitrogen and oxygen atoms in total. The van der Waals surface area contributed by atoms with Gasteiger partial charge in [-0.3, -0.25) is 0 Å². The van der Waals surface area contributed by atoms with Crippen molar-refractivity contribution in [1.82, 2.24) is 0 Å². The van der Waals surface area contributed by atoms with Crippen LogP contribution in [0.25, 0.3) is 0 Å². The van der Waals surface area contributed by atoms with Crippen molar-refractivity contribution in [3.8, 4) is 0 Å². The number of hydrogen-bond donors (Lipinski definition) is 0. The van der Waals surface area contributed by atoms with E-state index in [2.05, 4.69) is 0 Å². The standard InChI is InChI=1S/C13H6F13ISe/c14-8(15,10(18,19)12(22,23)24)9(16,17)11(20,21)13(25,26)28-5-6-1-3-7(27)4-2-6/h1-4H,5H2. The Kier molecular flexibility index (Phi) is 7.01. The van der Waals surface area contributed by atoms with E-state index < -0.39 is 55.0 Å². The van der Waals surface area contributed by atoms with Crippen molar-refractivity contribution < 1.29 is 57.1 Å². The van der Waals surface area contributed by atoms with Gasteiger partial charge in [-0.25, -0.2) is 0 Å². The minimum atomic E-state index is -7.84. The van der Waals surface area contributed by atoms with Crippen molar-refractivity contribution >= 4 is 37.5 Å². The molecule has 0 fully saturated rings. The Labute approximate surface area is 168 Å². The third-order valence-electron chi connectivity index (χ3n) is 3.24. The van der Waals surface area contributed by atoms with Gasteiger partial charge in [0.2, 0.25) is 0 Å². The molecular formula is C13H6F13ISe. The van der Waals surface area contributed by atoms with Crippen LogP contribution in [-0.2, 0) is 5.32 Å². The zero-order valence-electron chi connectivity index (χ0n) is 12.7. The first-order valence-electron chi connectivity index (χ1n) is 6.56. The van der Waals surface area contributed by atoms with Crippen molar-refractivity contribution in [3.05, 3.63) is 33.4 Å². The second-order valence-corrected chi connectivity index (χ2v) is 8.76. The number of benzene rings is 1. The van der Waals surface area contributed by atoms with Gasteiger partial charge in [0.15, 0.2) is 0 Å². The van der Waals surface area contributed by atoms with Gasteiger partial charge in [-0.15, -0.1) is 0 Å². The molecular weight excluding hydrogens is 609 g/mol. The molecule has 0 aliphatic heterocycles. The molecule has 1 rings (SSSR count). The number of halogens is 14. The SMILES string of the molecule is FC(F)(F)C(F)(F)C(F)(F)C(F)(F)C(F)(F)C(F)(F)[Se]Cc1ccc(I)cc1. The van der Waals surface area contributed by atoms with Gasteiger partial charge < -0.3 is 0 Å². The molecule has 1 aromatic carbocycles. The second kappa shape index (κ2) is 7.67. The molecule has 0 aliphatic rings. The molecule has 1 aromatic rings. The Morgan fingerprint density at radius 2 is 1.00 bits per heavy atom. The first-order valence-corrected chi connectivity index (χ1v) is 9.71. The van der Waals surface area contributed by atoms with Gasteiger partial charge in [-0.05, 0) is 0 Å². The van der Waals surface area contributed by atoms with Crippen LogP contribution in [0.4, 0.5) is 57.1 Å². The van der Waals surface area contributed by atoms with Gasteiger partial charge in [0.05, 0.1) is 0 Å². The summed E-state index contributed by atoms with van der Waals surface area (Å²) in [5.74, 6) is -30.4. The summed E-state index contributed by atoms with van der Waals surface area (Å²) in [4.78, 5) is -5.97. The molecule has 0 unspecified atom stereocenters. The predicted molar refractivity (Wildman–Crippen MR) is 79.4 cm³/mol. The molecule has 0 atom stereocenters. The Morgan fingerprint density at radius 3 is 1.39 bits per heavy atom. The average Bonchev–Trinajstić information content (AvgIpc) is 2.52. The number of rotatable bonds is 7. The molecule has 0 bridgehead atoms. The maximum absolute atomic E-state index is 13.6. The molecule has 0 aromatic heterocycles. The third kappa shape index (κ3) is 4.20. The van der Waals surface area contributed by atoms with Gasteiger partial charge in [-0.2, -0.15) is 0 Å². The summed E-state index contributed by atoms with van der Waals surface area (Å²) >= 11 is -1.11. The van der Waals surface area contributed by atoms with E-state index in [-0.39, 0.29) is 5.56 Å². The molecule has 0 saturated carbocycles. The van der Waals surface area contributed by atoms with Crippen LogP contribution in [0.5, 0.6) is 0 Å². The van der Waals surface area contributed by atoms with Crippen molar-refractivity contribution in [1.29, 1.82) is 0 Å². The van der Waals surface area contributed by atoms with Gasteiger partial charge >= 0.3 is 168 Å². The summed E-state index contributed by atoms with van der Waals surface area (Å²) in [5.41, 5.74) is -0.0911. The quantitative estimate of drug-likeness (QED) is 0.195. The zero-order valence-corrected chi connectivity index (χ0v) is 16.6. The van der Waals surface area contributed by atoms with E-state index in [0.717, 1.165) is 12.1 Å². The van der Waals surface area contributed by atoms with E-state index >= 15 is 0 Å². The molecule has 0 aliphatic carbocycles. The van der Waals surface area contributed by atoms with Crippen LogP contribution in [0.1, 0.15) is 5.56 Å². The van der Waals surface area contributed by atoms with E-state index in [1.807, 2.05) is 0 Å². The summed E-state index contributed by atoms with van der Waals surface area (Å²) in [6.45, 7) is 0. The molecule has 162 valence electrons.